The molecule has 26 heavy (non-hydrogen) atoms. The summed E-state index contributed by atoms with van der Waals surface area (Å²) in [5.41, 5.74) is 3.44. The predicted octanol–water partition coefficient (Wildman–Crippen LogP) is 4.30. The van der Waals surface area contributed by atoms with Gasteiger partial charge in [0.25, 0.3) is 0 Å². The van der Waals surface area contributed by atoms with Crippen molar-refractivity contribution in [3.8, 4) is 11.9 Å². The van der Waals surface area contributed by atoms with Crippen LogP contribution in [0.4, 0.5) is 0 Å². The summed E-state index contributed by atoms with van der Waals surface area (Å²) in [5, 5.41) is 13.1. The van der Waals surface area contributed by atoms with Gasteiger partial charge in [0, 0.05) is 17.7 Å². The summed E-state index contributed by atoms with van der Waals surface area (Å²) in [7, 11) is 0. The molecular weight excluding hydrogens is 322 g/mol. The number of ether oxygens (including phenoxy) is 1. The Bertz CT molecular complexity index is 820. The number of nitriles is 1. The van der Waals surface area contributed by atoms with E-state index in [0.29, 0.717) is 22.4 Å². The molecular formula is C22H25N3O. The van der Waals surface area contributed by atoms with Gasteiger partial charge in [-0.3, -0.25) is 0 Å². The van der Waals surface area contributed by atoms with E-state index in [0.717, 1.165) is 24.2 Å². The van der Waals surface area contributed by atoms with Crippen molar-refractivity contribution >= 4 is 0 Å². The van der Waals surface area contributed by atoms with E-state index in [1.165, 1.54) is 19.3 Å². The van der Waals surface area contributed by atoms with Crippen LogP contribution in [0.1, 0.15) is 55.5 Å². The lowest BCUT2D eigenvalue weighted by Gasteiger charge is -2.70. The maximum Gasteiger partial charge on any atom is 0.232 e. The number of hydrogen-bond donors (Lipinski definition) is 1. The molecule has 1 aromatic heterocycles. The van der Waals surface area contributed by atoms with Crippen molar-refractivity contribution in [1.82, 2.24) is 10.3 Å². The lowest BCUT2D eigenvalue weighted by atomic mass is 9.40. The molecule has 134 valence electrons. The largest absolute Gasteiger partial charge is 0.468 e. The number of nitrogens with one attached hydrogen (secondary N) is 1. The van der Waals surface area contributed by atoms with Crippen molar-refractivity contribution in [3.63, 3.8) is 0 Å². The SMILES string of the molecule is Cc1ccc(C#N)c(O[C@H](CCNC23CC(C)(C2)C3)c2ccccc2)n1. The van der Waals surface area contributed by atoms with Crippen molar-refractivity contribution in [2.24, 2.45) is 5.41 Å². The molecule has 3 saturated carbocycles. The molecule has 4 heteroatoms. The Hall–Kier alpha value is -2.38. The highest BCUT2D eigenvalue weighted by Crippen LogP contribution is 2.66. The Labute approximate surface area is 155 Å². The molecule has 0 saturated heterocycles. The first-order valence-corrected chi connectivity index (χ1v) is 9.35. The van der Waals surface area contributed by atoms with Gasteiger partial charge in [-0.25, -0.2) is 4.98 Å². The summed E-state index contributed by atoms with van der Waals surface area (Å²) < 4.78 is 6.23. The zero-order chi connectivity index (χ0) is 18.2. The maximum atomic E-state index is 9.36. The molecule has 0 aliphatic heterocycles. The van der Waals surface area contributed by atoms with E-state index in [9.17, 15) is 5.26 Å². The number of pyridine rings is 1. The Balaban J connectivity index is 1.47. The average molecular weight is 347 g/mol. The van der Waals surface area contributed by atoms with Gasteiger partial charge in [0.2, 0.25) is 5.88 Å². The van der Waals surface area contributed by atoms with Gasteiger partial charge >= 0.3 is 0 Å². The van der Waals surface area contributed by atoms with Crippen molar-refractivity contribution in [3.05, 3.63) is 59.3 Å². The van der Waals surface area contributed by atoms with Crippen molar-refractivity contribution in [2.75, 3.05) is 6.54 Å². The number of rotatable bonds is 7. The van der Waals surface area contributed by atoms with Crippen LogP contribution in [0.3, 0.4) is 0 Å². The first kappa shape index (κ1) is 17.1. The van der Waals surface area contributed by atoms with Crippen LogP contribution in [0.25, 0.3) is 0 Å². The fourth-order valence-corrected chi connectivity index (χ4v) is 4.76. The highest BCUT2D eigenvalue weighted by Gasteiger charge is 2.64. The predicted molar refractivity (Wildman–Crippen MR) is 101 cm³/mol. The quantitative estimate of drug-likeness (QED) is 0.811. The number of benzene rings is 1. The summed E-state index contributed by atoms with van der Waals surface area (Å²) >= 11 is 0. The standard InChI is InChI=1S/C22H25N3O/c1-16-8-9-18(12-23)20(25-16)26-19(17-6-4-3-5-7-17)10-11-24-22-13-21(2,14-22)15-22/h3-9,19,24H,10-11,13-15H2,1-2H3/t19-,21?,22?/m1/s1. The molecule has 0 radical (unpaired) electrons. The minimum atomic E-state index is -0.118. The van der Waals surface area contributed by atoms with Gasteiger partial charge in [-0.05, 0) is 55.8 Å². The Morgan fingerprint density at radius 3 is 2.58 bits per heavy atom. The third-order valence-electron chi connectivity index (χ3n) is 5.75. The zero-order valence-electron chi connectivity index (χ0n) is 15.5. The molecule has 1 aromatic carbocycles. The van der Waals surface area contributed by atoms with E-state index < -0.39 is 0 Å². The van der Waals surface area contributed by atoms with Gasteiger partial charge in [-0.15, -0.1) is 0 Å². The fraction of sp³-hybridized carbons (Fsp3) is 0.455. The van der Waals surface area contributed by atoms with Crippen LogP contribution < -0.4 is 10.1 Å². The Kier molecular flexibility index (Phi) is 4.20. The molecule has 5 rings (SSSR count). The maximum absolute atomic E-state index is 9.36. The van der Waals surface area contributed by atoms with Gasteiger partial charge in [-0.2, -0.15) is 5.26 Å². The number of nitrogens with zero attached hydrogens (tertiary/aromatic N) is 2. The van der Waals surface area contributed by atoms with Gasteiger partial charge in [0.15, 0.2) is 0 Å². The van der Waals surface area contributed by atoms with Crippen LogP contribution in [-0.2, 0) is 0 Å². The van der Waals surface area contributed by atoms with Crippen LogP contribution in [0.5, 0.6) is 5.88 Å². The van der Waals surface area contributed by atoms with Crippen LogP contribution in [0, 0.1) is 23.7 Å². The Morgan fingerprint density at radius 2 is 1.92 bits per heavy atom. The van der Waals surface area contributed by atoms with Crippen molar-refractivity contribution in [2.45, 2.75) is 51.2 Å². The van der Waals surface area contributed by atoms with Gasteiger partial charge in [-0.1, -0.05) is 37.3 Å². The van der Waals surface area contributed by atoms with E-state index in [4.69, 9.17) is 4.74 Å². The molecule has 1 heterocycles. The molecule has 0 amide bonds. The number of aromatic nitrogens is 1. The van der Waals surface area contributed by atoms with Crippen molar-refractivity contribution in [1.29, 1.82) is 5.26 Å². The molecule has 4 nitrogen and oxygen atoms in total. The second-order valence-electron chi connectivity index (χ2n) is 8.27. The lowest BCUT2D eigenvalue weighted by Crippen LogP contribution is -2.72. The molecule has 1 N–H and O–H groups in total. The summed E-state index contributed by atoms with van der Waals surface area (Å²) in [4.78, 5) is 4.45. The fourth-order valence-electron chi connectivity index (χ4n) is 4.76. The first-order valence-electron chi connectivity index (χ1n) is 9.35. The second kappa shape index (κ2) is 6.41. The second-order valence-corrected chi connectivity index (χ2v) is 8.27. The summed E-state index contributed by atoms with van der Waals surface area (Å²) in [5.74, 6) is 0.430. The van der Waals surface area contributed by atoms with Crippen LogP contribution in [0.2, 0.25) is 0 Å². The van der Waals surface area contributed by atoms with Gasteiger partial charge in [0.05, 0.1) is 0 Å². The first-order chi connectivity index (χ1) is 12.5. The molecule has 1 atom stereocenters. The molecule has 0 spiro atoms. The monoisotopic (exact) mass is 347 g/mol. The molecule has 3 aliphatic rings. The zero-order valence-corrected chi connectivity index (χ0v) is 15.5. The highest BCUT2D eigenvalue weighted by atomic mass is 16.5. The lowest BCUT2D eigenvalue weighted by molar-refractivity contribution is -0.140. The van der Waals surface area contributed by atoms with E-state index in [1.807, 2.05) is 31.2 Å². The van der Waals surface area contributed by atoms with Crippen LogP contribution in [0.15, 0.2) is 42.5 Å². The van der Waals surface area contributed by atoms with Crippen LogP contribution in [-0.4, -0.2) is 17.1 Å². The van der Waals surface area contributed by atoms with Gasteiger partial charge < -0.3 is 10.1 Å². The molecule has 3 fully saturated rings. The van der Waals surface area contributed by atoms with E-state index in [2.05, 4.69) is 35.4 Å². The normalized spacial score (nSPS) is 27.0. The molecule has 0 unspecified atom stereocenters. The smallest absolute Gasteiger partial charge is 0.232 e. The number of aryl methyl sites for hydroxylation is 1. The summed E-state index contributed by atoms with van der Waals surface area (Å²) in [6, 6.07) is 16.0. The molecule has 3 aliphatic carbocycles. The third-order valence-corrected chi connectivity index (χ3v) is 5.75. The molecule has 2 bridgehead atoms. The van der Waals surface area contributed by atoms with Crippen molar-refractivity contribution < 1.29 is 4.74 Å². The number of hydrogen-bond acceptors (Lipinski definition) is 4. The molecule has 2 aromatic rings. The van der Waals surface area contributed by atoms with E-state index >= 15 is 0 Å². The minimum absolute atomic E-state index is 0.118. The highest BCUT2D eigenvalue weighted by molar-refractivity contribution is 5.39. The van der Waals surface area contributed by atoms with Gasteiger partial charge in [0.1, 0.15) is 17.7 Å². The topological polar surface area (TPSA) is 57.9 Å². The summed E-state index contributed by atoms with van der Waals surface area (Å²) in [6.45, 7) is 5.19. The third kappa shape index (κ3) is 3.20. The minimum Gasteiger partial charge on any atom is -0.468 e. The average Bonchev–Trinajstić information content (AvgIpc) is 2.59. The Morgan fingerprint density at radius 1 is 1.19 bits per heavy atom. The summed E-state index contributed by atoms with van der Waals surface area (Å²) in [6.07, 6.45) is 4.63. The van der Waals surface area contributed by atoms with E-state index in [-0.39, 0.29) is 6.10 Å². The van der Waals surface area contributed by atoms with Crippen LogP contribution >= 0.6 is 0 Å². The van der Waals surface area contributed by atoms with E-state index in [1.54, 1.807) is 6.07 Å².